The topological polar surface area (TPSA) is 56.6 Å². The van der Waals surface area contributed by atoms with Gasteiger partial charge >= 0.3 is 5.97 Å². The van der Waals surface area contributed by atoms with Crippen LogP contribution in [0, 0.1) is 0 Å². The highest BCUT2D eigenvalue weighted by molar-refractivity contribution is 5.90. The minimum absolute atomic E-state index is 0.110. The van der Waals surface area contributed by atoms with Gasteiger partial charge in [-0.1, -0.05) is 0 Å². The van der Waals surface area contributed by atoms with Crippen molar-refractivity contribution in [3.8, 4) is 0 Å². The Morgan fingerprint density at radius 1 is 1.52 bits per heavy atom. The van der Waals surface area contributed by atoms with Crippen molar-refractivity contribution in [1.82, 2.24) is 14.7 Å². The van der Waals surface area contributed by atoms with Crippen LogP contribution in [0.15, 0.2) is 6.20 Å². The minimum atomic E-state index is -0.299. The molecule has 2 rings (SSSR count). The normalized spacial score (nSPS) is 23.2. The van der Waals surface area contributed by atoms with Gasteiger partial charge in [0.05, 0.1) is 24.1 Å². The first-order valence-electron chi connectivity index (χ1n) is 7.44. The van der Waals surface area contributed by atoms with Gasteiger partial charge in [0.15, 0.2) is 0 Å². The van der Waals surface area contributed by atoms with Gasteiger partial charge in [-0.3, -0.25) is 9.58 Å². The molecule has 0 N–H and O–H groups in total. The highest BCUT2D eigenvalue weighted by atomic mass is 16.5. The van der Waals surface area contributed by atoms with Crippen molar-refractivity contribution in [3.05, 3.63) is 17.5 Å². The molecule has 6 heteroatoms. The van der Waals surface area contributed by atoms with Crippen molar-refractivity contribution in [2.24, 2.45) is 7.05 Å². The van der Waals surface area contributed by atoms with E-state index in [4.69, 9.17) is 9.47 Å². The Morgan fingerprint density at radius 2 is 2.29 bits per heavy atom. The molecule has 1 aliphatic heterocycles. The van der Waals surface area contributed by atoms with Gasteiger partial charge in [-0.2, -0.15) is 5.10 Å². The molecule has 1 aromatic heterocycles. The molecule has 0 saturated carbocycles. The van der Waals surface area contributed by atoms with Crippen LogP contribution in [0.5, 0.6) is 0 Å². The third kappa shape index (κ3) is 3.63. The maximum Gasteiger partial charge on any atom is 0.341 e. The number of esters is 1. The summed E-state index contributed by atoms with van der Waals surface area (Å²) in [5.41, 5.74) is 1.35. The van der Waals surface area contributed by atoms with Crippen LogP contribution in [-0.4, -0.2) is 53.1 Å². The molecule has 1 unspecified atom stereocenters. The van der Waals surface area contributed by atoms with Crippen LogP contribution in [0.25, 0.3) is 0 Å². The van der Waals surface area contributed by atoms with Gasteiger partial charge < -0.3 is 9.47 Å². The average molecular weight is 295 g/mol. The molecule has 1 atom stereocenters. The molecule has 0 amide bonds. The van der Waals surface area contributed by atoms with Crippen molar-refractivity contribution in [2.45, 2.75) is 38.8 Å². The SMILES string of the molecule is CCOC(=O)c1cnn(C)c1CN1CCCC(C)(OC)C1. The molecule has 6 nitrogen and oxygen atoms in total. The third-order valence-electron chi connectivity index (χ3n) is 4.16. The lowest BCUT2D eigenvalue weighted by Gasteiger charge is -2.39. The van der Waals surface area contributed by atoms with Crippen LogP contribution in [0.2, 0.25) is 0 Å². The predicted molar refractivity (Wildman–Crippen MR) is 79.1 cm³/mol. The quantitative estimate of drug-likeness (QED) is 0.772. The zero-order valence-corrected chi connectivity index (χ0v) is 13.4. The van der Waals surface area contributed by atoms with Gasteiger partial charge in [0.25, 0.3) is 0 Å². The summed E-state index contributed by atoms with van der Waals surface area (Å²) in [6.07, 6.45) is 3.75. The molecule has 118 valence electrons. The van der Waals surface area contributed by atoms with E-state index in [1.54, 1.807) is 18.0 Å². The smallest absolute Gasteiger partial charge is 0.341 e. The summed E-state index contributed by atoms with van der Waals surface area (Å²) in [4.78, 5) is 14.3. The first-order valence-corrected chi connectivity index (χ1v) is 7.44. The fraction of sp³-hybridized carbons (Fsp3) is 0.733. The number of rotatable bonds is 5. The monoisotopic (exact) mass is 295 g/mol. The lowest BCUT2D eigenvalue weighted by molar-refractivity contribution is -0.0531. The molecule has 21 heavy (non-hydrogen) atoms. The van der Waals surface area contributed by atoms with E-state index in [1.807, 2.05) is 14.0 Å². The van der Waals surface area contributed by atoms with E-state index < -0.39 is 0 Å². The molecule has 2 heterocycles. The van der Waals surface area contributed by atoms with Crippen molar-refractivity contribution in [3.63, 3.8) is 0 Å². The highest BCUT2D eigenvalue weighted by Gasteiger charge is 2.31. The number of nitrogens with zero attached hydrogens (tertiary/aromatic N) is 3. The molecule has 0 radical (unpaired) electrons. The number of hydrogen-bond acceptors (Lipinski definition) is 5. The maximum atomic E-state index is 12.0. The average Bonchev–Trinajstić information content (AvgIpc) is 2.81. The molecule has 0 bridgehead atoms. The number of carbonyl (C=O) groups is 1. The van der Waals surface area contributed by atoms with Gasteiger partial charge in [0.2, 0.25) is 0 Å². The largest absolute Gasteiger partial charge is 0.462 e. The molecule has 1 aromatic rings. The Hall–Kier alpha value is -1.40. The van der Waals surface area contributed by atoms with E-state index in [-0.39, 0.29) is 11.6 Å². The fourth-order valence-electron chi connectivity index (χ4n) is 2.85. The summed E-state index contributed by atoms with van der Waals surface area (Å²) < 4.78 is 12.5. The summed E-state index contributed by atoms with van der Waals surface area (Å²) in [6, 6.07) is 0. The molecule has 1 saturated heterocycles. The molecule has 0 spiro atoms. The molecule has 1 fully saturated rings. The predicted octanol–water partition coefficient (Wildman–Crippen LogP) is 1.60. The van der Waals surface area contributed by atoms with E-state index >= 15 is 0 Å². The van der Waals surface area contributed by atoms with Crippen LogP contribution in [0.3, 0.4) is 0 Å². The van der Waals surface area contributed by atoms with Gasteiger partial charge in [-0.25, -0.2) is 4.79 Å². The lowest BCUT2D eigenvalue weighted by atomic mass is 9.94. The van der Waals surface area contributed by atoms with Crippen molar-refractivity contribution in [2.75, 3.05) is 26.8 Å². The molecule has 0 aliphatic carbocycles. The van der Waals surface area contributed by atoms with Crippen molar-refractivity contribution >= 4 is 5.97 Å². The van der Waals surface area contributed by atoms with Crippen molar-refractivity contribution < 1.29 is 14.3 Å². The molecular formula is C15H25N3O3. The first-order chi connectivity index (χ1) is 9.99. The number of ether oxygens (including phenoxy) is 2. The minimum Gasteiger partial charge on any atom is -0.462 e. The Balaban J connectivity index is 2.12. The number of aromatic nitrogens is 2. The summed E-state index contributed by atoms with van der Waals surface area (Å²) in [5.74, 6) is -0.299. The van der Waals surface area contributed by atoms with E-state index in [1.165, 1.54) is 0 Å². The molecule has 0 aromatic carbocycles. The van der Waals surface area contributed by atoms with Crippen LogP contribution >= 0.6 is 0 Å². The Labute approximate surface area is 126 Å². The van der Waals surface area contributed by atoms with Crippen LogP contribution < -0.4 is 0 Å². The van der Waals surface area contributed by atoms with Crippen LogP contribution in [0.1, 0.15) is 42.7 Å². The van der Waals surface area contributed by atoms with Crippen LogP contribution in [0.4, 0.5) is 0 Å². The maximum absolute atomic E-state index is 12.0. The van der Waals surface area contributed by atoms with Gasteiger partial charge in [-0.15, -0.1) is 0 Å². The van der Waals surface area contributed by atoms with Gasteiger partial charge in [0, 0.05) is 27.2 Å². The number of hydrogen-bond donors (Lipinski definition) is 0. The standard InChI is InChI=1S/C15H25N3O3/c1-5-21-14(19)12-9-16-17(3)13(12)10-18-8-6-7-15(2,11-18)20-4/h9H,5-8,10-11H2,1-4H3. The number of carbonyl (C=O) groups excluding carboxylic acids is 1. The summed E-state index contributed by atoms with van der Waals surface area (Å²) in [5, 5.41) is 4.20. The first kappa shape index (κ1) is 16.0. The van der Waals surface area contributed by atoms with E-state index in [2.05, 4.69) is 16.9 Å². The number of likely N-dealkylation sites (tertiary alicyclic amines) is 1. The fourth-order valence-corrected chi connectivity index (χ4v) is 2.85. The Kier molecular flexibility index (Phi) is 5.00. The summed E-state index contributed by atoms with van der Waals surface area (Å²) in [6.45, 7) is 6.86. The van der Waals surface area contributed by atoms with Gasteiger partial charge in [0.1, 0.15) is 5.56 Å². The third-order valence-corrected chi connectivity index (χ3v) is 4.16. The van der Waals surface area contributed by atoms with E-state index in [9.17, 15) is 4.79 Å². The number of aryl methyl sites for hydroxylation is 1. The summed E-state index contributed by atoms with van der Waals surface area (Å²) >= 11 is 0. The van der Waals surface area contributed by atoms with E-state index in [0.717, 1.165) is 31.6 Å². The second kappa shape index (κ2) is 6.58. The van der Waals surface area contributed by atoms with Crippen molar-refractivity contribution in [1.29, 1.82) is 0 Å². The zero-order valence-electron chi connectivity index (χ0n) is 13.4. The molecule has 1 aliphatic rings. The highest BCUT2D eigenvalue weighted by Crippen LogP contribution is 2.25. The molecular weight excluding hydrogens is 270 g/mol. The van der Waals surface area contributed by atoms with Gasteiger partial charge in [-0.05, 0) is 33.2 Å². The number of methoxy groups -OCH3 is 1. The Bertz CT molecular complexity index is 500. The van der Waals surface area contributed by atoms with E-state index in [0.29, 0.717) is 18.7 Å². The summed E-state index contributed by atoms with van der Waals surface area (Å²) in [7, 11) is 3.62. The lowest BCUT2D eigenvalue weighted by Crippen LogP contribution is -2.47. The second-order valence-corrected chi connectivity index (χ2v) is 5.82. The Morgan fingerprint density at radius 3 is 2.95 bits per heavy atom. The van der Waals surface area contributed by atoms with Crippen LogP contribution in [-0.2, 0) is 23.1 Å². The zero-order chi connectivity index (χ0) is 15.5. The number of piperidine rings is 1. The second-order valence-electron chi connectivity index (χ2n) is 5.82.